The lowest BCUT2D eigenvalue weighted by molar-refractivity contribution is -0.116. The quantitative estimate of drug-likeness (QED) is 0.504. The molecule has 1 aromatic rings. The molecule has 0 aromatic carbocycles. The van der Waals surface area contributed by atoms with Crippen molar-refractivity contribution in [1.29, 1.82) is 0 Å². The molecule has 0 bridgehead atoms. The number of hydrogen-bond donors (Lipinski definition) is 2. The number of likely N-dealkylation sites (tertiary alicyclic amines) is 1. The molecule has 0 radical (unpaired) electrons. The zero-order valence-electron chi connectivity index (χ0n) is 16.9. The number of anilines is 1. The number of carbonyl (C=O) groups excluding carboxylic acids is 2. The van der Waals surface area contributed by atoms with Gasteiger partial charge in [0.2, 0.25) is 5.91 Å². The molecule has 1 aliphatic heterocycles. The molecule has 1 fully saturated rings. The van der Waals surface area contributed by atoms with Gasteiger partial charge in [-0.15, -0.1) is 11.8 Å². The SMILES string of the molecule is CC(C)(C)OC(=O)N1CC[C@H](CCC(=O)Nc2cnccc2SCCCO)C1. The van der Waals surface area contributed by atoms with Crippen molar-refractivity contribution in [2.45, 2.75) is 57.0 Å². The summed E-state index contributed by atoms with van der Waals surface area (Å²) in [5.74, 6) is 1.05. The summed E-state index contributed by atoms with van der Waals surface area (Å²) < 4.78 is 5.41. The Kier molecular flexibility index (Phi) is 8.57. The van der Waals surface area contributed by atoms with Crippen molar-refractivity contribution in [1.82, 2.24) is 9.88 Å². The van der Waals surface area contributed by atoms with Gasteiger partial charge < -0.3 is 20.1 Å². The van der Waals surface area contributed by atoms with E-state index in [4.69, 9.17) is 9.84 Å². The highest BCUT2D eigenvalue weighted by molar-refractivity contribution is 7.99. The smallest absolute Gasteiger partial charge is 0.410 e. The predicted molar refractivity (Wildman–Crippen MR) is 110 cm³/mol. The average Bonchev–Trinajstić information content (AvgIpc) is 3.09. The maximum atomic E-state index is 12.4. The molecule has 2 amide bonds. The van der Waals surface area contributed by atoms with Gasteiger partial charge in [-0.3, -0.25) is 9.78 Å². The van der Waals surface area contributed by atoms with E-state index in [2.05, 4.69) is 10.3 Å². The van der Waals surface area contributed by atoms with E-state index in [1.54, 1.807) is 29.1 Å². The van der Waals surface area contributed by atoms with Crippen molar-refractivity contribution in [3.63, 3.8) is 0 Å². The van der Waals surface area contributed by atoms with Gasteiger partial charge in [0.15, 0.2) is 0 Å². The fraction of sp³-hybridized carbons (Fsp3) is 0.650. The molecule has 0 saturated carbocycles. The summed E-state index contributed by atoms with van der Waals surface area (Å²) in [4.78, 5) is 31.3. The molecule has 1 atom stereocenters. The second kappa shape index (κ2) is 10.7. The fourth-order valence-corrected chi connectivity index (χ4v) is 3.87. The van der Waals surface area contributed by atoms with Crippen LogP contribution < -0.4 is 5.32 Å². The standard InChI is InChI=1S/C20H31N3O4S/c1-20(2,3)27-19(26)23-10-8-15(14-23)5-6-18(25)22-16-13-21-9-7-17(16)28-12-4-11-24/h7,9,13,15,24H,4-6,8,10-12,14H2,1-3H3,(H,22,25)/t15-/m0/s1. The Morgan fingerprint density at radius 2 is 2.21 bits per heavy atom. The zero-order chi connectivity index (χ0) is 20.6. The first-order valence-corrected chi connectivity index (χ1v) is 10.7. The third kappa shape index (κ3) is 7.67. The zero-order valence-corrected chi connectivity index (χ0v) is 17.8. The van der Waals surface area contributed by atoms with Gasteiger partial charge in [-0.2, -0.15) is 0 Å². The van der Waals surface area contributed by atoms with Crippen LogP contribution in [0.3, 0.4) is 0 Å². The van der Waals surface area contributed by atoms with Crippen molar-refractivity contribution in [3.8, 4) is 0 Å². The Balaban J connectivity index is 1.77. The summed E-state index contributed by atoms with van der Waals surface area (Å²) in [6, 6.07) is 1.87. The van der Waals surface area contributed by atoms with Crippen molar-refractivity contribution in [2.24, 2.45) is 5.92 Å². The number of thioether (sulfide) groups is 1. The van der Waals surface area contributed by atoms with Crippen LogP contribution in [0.25, 0.3) is 0 Å². The summed E-state index contributed by atoms with van der Waals surface area (Å²) in [5.41, 5.74) is 0.211. The molecule has 2 N–H and O–H groups in total. The van der Waals surface area contributed by atoms with Crippen LogP contribution >= 0.6 is 11.8 Å². The van der Waals surface area contributed by atoms with Crippen molar-refractivity contribution < 1.29 is 19.4 Å². The number of aliphatic hydroxyl groups is 1. The molecule has 1 saturated heterocycles. The number of pyridine rings is 1. The normalized spacial score (nSPS) is 16.9. The predicted octanol–water partition coefficient (Wildman–Crippen LogP) is 3.53. The monoisotopic (exact) mass is 409 g/mol. The van der Waals surface area contributed by atoms with E-state index in [1.807, 2.05) is 26.8 Å². The van der Waals surface area contributed by atoms with Gasteiger partial charge in [0.05, 0.1) is 11.9 Å². The van der Waals surface area contributed by atoms with E-state index >= 15 is 0 Å². The van der Waals surface area contributed by atoms with Crippen LogP contribution in [0, 0.1) is 5.92 Å². The van der Waals surface area contributed by atoms with Gasteiger partial charge in [-0.1, -0.05) is 0 Å². The Morgan fingerprint density at radius 3 is 2.93 bits per heavy atom. The topological polar surface area (TPSA) is 91.8 Å². The highest BCUT2D eigenvalue weighted by atomic mass is 32.2. The van der Waals surface area contributed by atoms with E-state index in [1.165, 1.54) is 0 Å². The molecule has 156 valence electrons. The van der Waals surface area contributed by atoms with Gasteiger partial charge in [0.25, 0.3) is 0 Å². The van der Waals surface area contributed by atoms with Gasteiger partial charge in [0.1, 0.15) is 5.60 Å². The van der Waals surface area contributed by atoms with E-state index in [0.717, 1.165) is 23.5 Å². The molecule has 2 heterocycles. The summed E-state index contributed by atoms with van der Waals surface area (Å²) in [7, 11) is 0. The maximum Gasteiger partial charge on any atom is 0.410 e. The second-order valence-corrected chi connectivity index (χ2v) is 9.10. The molecule has 0 spiro atoms. The summed E-state index contributed by atoms with van der Waals surface area (Å²) >= 11 is 1.59. The van der Waals surface area contributed by atoms with Crippen LogP contribution in [0.5, 0.6) is 0 Å². The molecular weight excluding hydrogens is 378 g/mol. The first-order chi connectivity index (χ1) is 13.3. The van der Waals surface area contributed by atoms with Gasteiger partial charge in [-0.05, 0) is 52.0 Å². The Morgan fingerprint density at radius 1 is 1.43 bits per heavy atom. The average molecular weight is 410 g/mol. The van der Waals surface area contributed by atoms with Crippen LogP contribution in [0.4, 0.5) is 10.5 Å². The Labute approximate surface area is 171 Å². The molecule has 0 unspecified atom stereocenters. The largest absolute Gasteiger partial charge is 0.444 e. The Hall–Kier alpha value is -1.80. The second-order valence-electron chi connectivity index (χ2n) is 7.97. The first kappa shape index (κ1) is 22.5. The van der Waals surface area contributed by atoms with Crippen molar-refractivity contribution >= 4 is 29.4 Å². The van der Waals surface area contributed by atoms with Crippen molar-refractivity contribution in [2.75, 3.05) is 30.8 Å². The first-order valence-electron chi connectivity index (χ1n) is 9.74. The van der Waals surface area contributed by atoms with Crippen LogP contribution in [0.15, 0.2) is 23.4 Å². The molecule has 1 aromatic heterocycles. The lowest BCUT2D eigenvalue weighted by atomic mass is 10.0. The molecule has 8 heteroatoms. The number of carbonyl (C=O) groups is 2. The minimum absolute atomic E-state index is 0.0484. The molecule has 0 aliphatic carbocycles. The highest BCUT2D eigenvalue weighted by Gasteiger charge is 2.29. The van der Waals surface area contributed by atoms with Gasteiger partial charge in [0, 0.05) is 43.0 Å². The number of aliphatic hydroxyl groups excluding tert-OH is 1. The lowest BCUT2D eigenvalue weighted by Crippen LogP contribution is -2.35. The van der Waals surface area contributed by atoms with Crippen LogP contribution in [-0.4, -0.2) is 58.0 Å². The number of aromatic nitrogens is 1. The number of nitrogens with zero attached hydrogens (tertiary/aromatic N) is 2. The molecular formula is C20H31N3O4S. The minimum Gasteiger partial charge on any atom is -0.444 e. The van der Waals surface area contributed by atoms with Crippen LogP contribution in [-0.2, 0) is 9.53 Å². The van der Waals surface area contributed by atoms with Gasteiger partial charge >= 0.3 is 6.09 Å². The Bertz CT molecular complexity index is 663. The third-order valence-corrected chi connectivity index (χ3v) is 5.49. The summed E-state index contributed by atoms with van der Waals surface area (Å²) in [6.07, 6.45) is 5.80. The highest BCUT2D eigenvalue weighted by Crippen LogP contribution is 2.27. The van der Waals surface area contributed by atoms with Gasteiger partial charge in [-0.25, -0.2) is 4.79 Å². The van der Waals surface area contributed by atoms with E-state index < -0.39 is 5.60 Å². The van der Waals surface area contributed by atoms with Crippen LogP contribution in [0.1, 0.15) is 46.5 Å². The maximum absolute atomic E-state index is 12.4. The van der Waals surface area contributed by atoms with E-state index in [9.17, 15) is 9.59 Å². The molecule has 28 heavy (non-hydrogen) atoms. The number of ether oxygens (including phenoxy) is 1. The third-order valence-electron chi connectivity index (χ3n) is 4.33. The summed E-state index contributed by atoms with van der Waals surface area (Å²) in [6.45, 7) is 7.04. The molecule has 2 rings (SSSR count). The number of nitrogens with one attached hydrogen (secondary N) is 1. The lowest BCUT2D eigenvalue weighted by Gasteiger charge is -2.24. The van der Waals surface area contributed by atoms with Crippen molar-refractivity contribution in [3.05, 3.63) is 18.5 Å². The number of hydrogen-bond acceptors (Lipinski definition) is 6. The number of rotatable bonds is 8. The number of amides is 2. The van der Waals surface area contributed by atoms with E-state index in [-0.39, 0.29) is 18.6 Å². The fourth-order valence-electron chi connectivity index (χ4n) is 2.96. The van der Waals surface area contributed by atoms with Crippen LogP contribution in [0.2, 0.25) is 0 Å². The molecule has 1 aliphatic rings. The summed E-state index contributed by atoms with van der Waals surface area (Å²) in [5, 5.41) is 11.8. The van der Waals surface area contributed by atoms with E-state index in [0.29, 0.717) is 37.5 Å². The molecule has 7 nitrogen and oxygen atoms in total. The minimum atomic E-state index is -0.494.